The Morgan fingerprint density at radius 1 is 1.16 bits per heavy atom. The quantitative estimate of drug-likeness (QED) is 0.344. The topological polar surface area (TPSA) is 130 Å². The minimum atomic E-state index is -0.783. The van der Waals surface area contributed by atoms with Crippen molar-refractivity contribution in [2.45, 2.75) is 77.3 Å². The highest BCUT2D eigenvalue weighted by molar-refractivity contribution is 5.84. The summed E-state index contributed by atoms with van der Waals surface area (Å²) in [5.74, 6) is -0.498. The van der Waals surface area contributed by atoms with Crippen LogP contribution in [0.3, 0.4) is 0 Å². The Morgan fingerprint density at radius 3 is 2.66 bits per heavy atom. The fourth-order valence-corrected chi connectivity index (χ4v) is 4.52. The Bertz CT molecular complexity index is 1210. The van der Waals surface area contributed by atoms with E-state index in [0.29, 0.717) is 24.5 Å². The van der Waals surface area contributed by atoms with Crippen molar-refractivity contribution in [3.8, 4) is 11.5 Å². The summed E-state index contributed by atoms with van der Waals surface area (Å²) in [5.41, 5.74) is 2.53. The van der Waals surface area contributed by atoms with Crippen LogP contribution in [-0.4, -0.2) is 36.6 Å². The number of rotatable bonds is 9. The lowest BCUT2D eigenvalue weighted by Gasteiger charge is -2.20. The number of carbonyl (C=O) groups is 1. The van der Waals surface area contributed by atoms with Crippen LogP contribution in [0.1, 0.15) is 63.4 Å². The predicted octanol–water partition coefficient (Wildman–Crippen LogP) is 3.28. The molecule has 0 radical (unpaired) electrons. The van der Waals surface area contributed by atoms with Gasteiger partial charge in [0.1, 0.15) is 0 Å². The summed E-state index contributed by atoms with van der Waals surface area (Å²) in [6.45, 7) is 2.59. The zero-order valence-electron chi connectivity index (χ0n) is 18.3. The molecule has 32 heavy (non-hydrogen) atoms. The highest BCUT2D eigenvalue weighted by Gasteiger charge is 2.21. The molecule has 9 nitrogen and oxygen atoms in total. The number of aryl methyl sites for hydroxylation is 2. The van der Waals surface area contributed by atoms with Gasteiger partial charge in [-0.15, -0.1) is 0 Å². The summed E-state index contributed by atoms with van der Waals surface area (Å²) >= 11 is 0. The average molecular weight is 440 g/mol. The summed E-state index contributed by atoms with van der Waals surface area (Å²) in [6.07, 6.45) is 8.01. The van der Waals surface area contributed by atoms with Crippen LogP contribution >= 0.6 is 0 Å². The van der Waals surface area contributed by atoms with Crippen molar-refractivity contribution >= 4 is 22.7 Å². The molecule has 3 aliphatic rings. The number of anilines is 1. The molecule has 2 aliphatic heterocycles. The normalized spacial score (nSPS) is 14.4. The van der Waals surface area contributed by atoms with Gasteiger partial charge in [-0.3, -0.25) is 14.6 Å². The highest BCUT2D eigenvalue weighted by atomic mass is 16.4. The molecule has 1 fully saturated rings. The second-order valence-electron chi connectivity index (χ2n) is 8.65. The van der Waals surface area contributed by atoms with Crippen LogP contribution in [-0.2, 0) is 11.3 Å². The summed E-state index contributed by atoms with van der Waals surface area (Å²) < 4.78 is 1.91. The Kier molecular flexibility index (Phi) is 6.53. The average Bonchev–Trinajstić information content (AvgIpc) is 3.24. The van der Waals surface area contributed by atoms with E-state index >= 15 is 0 Å². The fraction of sp³-hybridized carbons (Fsp3) is 0.522. The van der Waals surface area contributed by atoms with Crippen LogP contribution in [0.5, 0.6) is 0 Å². The van der Waals surface area contributed by atoms with Gasteiger partial charge in [0.2, 0.25) is 0 Å². The first-order valence-corrected chi connectivity index (χ1v) is 11.4. The van der Waals surface area contributed by atoms with Gasteiger partial charge in [-0.1, -0.05) is 25.7 Å². The van der Waals surface area contributed by atoms with Crippen LogP contribution in [0.2, 0.25) is 0 Å². The minimum absolute atomic E-state index is 0.152. The zero-order chi connectivity index (χ0) is 22.7. The van der Waals surface area contributed by atoms with E-state index < -0.39 is 17.2 Å². The standard InChI is InChI=1S/C23H29N5O4/c1-14-12-17-18(13-16(14)24-15-8-5-6-9-15)28(11-7-3-2-4-10-19(29)30)21-20(25-17)22(31)27-23(32)26-21/h12-13,15,24H,2-11H2,1H3,(H,29,30)(H,27,31,32). The first kappa shape index (κ1) is 22.0. The number of H-pyrrole nitrogens is 1. The van der Waals surface area contributed by atoms with Crippen molar-refractivity contribution in [3.63, 3.8) is 0 Å². The summed E-state index contributed by atoms with van der Waals surface area (Å²) in [4.78, 5) is 45.9. The lowest BCUT2D eigenvalue weighted by atomic mass is 10.1. The first-order chi connectivity index (χ1) is 15.4. The molecule has 9 heteroatoms. The number of aliphatic carboxylic acids is 1. The van der Waals surface area contributed by atoms with E-state index in [4.69, 9.17) is 5.11 Å². The Hall–Kier alpha value is -3.23. The maximum Gasteiger partial charge on any atom is 0.349 e. The monoisotopic (exact) mass is 439 g/mol. The van der Waals surface area contributed by atoms with Crippen molar-refractivity contribution < 1.29 is 9.90 Å². The number of nitrogens with zero attached hydrogens (tertiary/aromatic N) is 3. The second kappa shape index (κ2) is 9.50. The van der Waals surface area contributed by atoms with Gasteiger partial charge in [-0.25, -0.2) is 9.78 Å². The van der Waals surface area contributed by atoms with Crippen molar-refractivity contribution in [2.75, 3.05) is 5.32 Å². The van der Waals surface area contributed by atoms with E-state index in [-0.39, 0.29) is 17.9 Å². The molecule has 0 amide bonds. The van der Waals surface area contributed by atoms with Crippen LogP contribution in [0, 0.1) is 6.92 Å². The van der Waals surface area contributed by atoms with Gasteiger partial charge < -0.3 is 15.0 Å². The molecule has 0 bridgehead atoms. The number of aromatic amines is 1. The minimum Gasteiger partial charge on any atom is -0.481 e. The Labute approximate surface area is 185 Å². The molecule has 1 aromatic carbocycles. The third-order valence-electron chi connectivity index (χ3n) is 6.19. The maximum absolute atomic E-state index is 12.4. The number of hydrogen-bond acceptors (Lipinski definition) is 6. The number of aromatic nitrogens is 4. The molecule has 0 unspecified atom stereocenters. The number of carboxylic acid groups (broad SMARTS) is 1. The lowest BCUT2D eigenvalue weighted by Crippen LogP contribution is -2.29. The molecule has 0 spiro atoms. The molecule has 1 aliphatic carbocycles. The second-order valence-corrected chi connectivity index (χ2v) is 8.65. The van der Waals surface area contributed by atoms with E-state index in [0.717, 1.165) is 48.9 Å². The number of benzene rings is 1. The third-order valence-corrected chi connectivity index (χ3v) is 6.19. The van der Waals surface area contributed by atoms with Crippen molar-refractivity contribution in [3.05, 3.63) is 38.5 Å². The first-order valence-electron chi connectivity index (χ1n) is 11.4. The molecule has 4 rings (SSSR count). The molecule has 1 aromatic rings. The van der Waals surface area contributed by atoms with E-state index in [2.05, 4.69) is 20.3 Å². The van der Waals surface area contributed by atoms with Crippen molar-refractivity contribution in [1.82, 2.24) is 19.5 Å². The van der Waals surface area contributed by atoms with Gasteiger partial charge >= 0.3 is 11.7 Å². The third kappa shape index (κ3) is 4.81. The van der Waals surface area contributed by atoms with Gasteiger partial charge in [0, 0.05) is 24.7 Å². The molecule has 3 N–H and O–H groups in total. The Morgan fingerprint density at radius 2 is 1.91 bits per heavy atom. The van der Waals surface area contributed by atoms with Gasteiger partial charge in [0.15, 0.2) is 11.5 Å². The summed E-state index contributed by atoms with van der Waals surface area (Å²) in [6, 6.07) is 4.48. The van der Waals surface area contributed by atoms with E-state index in [1.54, 1.807) is 0 Å². The van der Waals surface area contributed by atoms with Crippen molar-refractivity contribution in [1.29, 1.82) is 0 Å². The fourth-order valence-electron chi connectivity index (χ4n) is 4.52. The number of fused-ring (bicyclic) bond motifs is 2. The molecular weight excluding hydrogens is 410 g/mol. The van der Waals surface area contributed by atoms with Crippen LogP contribution in [0.25, 0.3) is 22.6 Å². The number of unbranched alkanes of at least 4 members (excludes halogenated alkanes) is 3. The smallest absolute Gasteiger partial charge is 0.349 e. The van der Waals surface area contributed by atoms with Crippen LogP contribution < -0.4 is 16.6 Å². The lowest BCUT2D eigenvalue weighted by molar-refractivity contribution is -0.137. The molecule has 0 aromatic heterocycles. The molecule has 170 valence electrons. The molecule has 1 saturated carbocycles. The summed E-state index contributed by atoms with van der Waals surface area (Å²) in [5, 5.41) is 12.4. The highest BCUT2D eigenvalue weighted by Crippen LogP contribution is 2.29. The number of carboxylic acids is 1. The van der Waals surface area contributed by atoms with Gasteiger partial charge in [0.05, 0.1) is 11.0 Å². The molecule has 0 atom stereocenters. The molecular formula is C23H29N5O4. The molecule has 2 heterocycles. The maximum atomic E-state index is 12.4. The molecule has 0 saturated heterocycles. The predicted molar refractivity (Wildman–Crippen MR) is 122 cm³/mol. The van der Waals surface area contributed by atoms with Gasteiger partial charge in [-0.2, -0.15) is 4.98 Å². The number of nitrogens with one attached hydrogen (secondary N) is 2. The summed E-state index contributed by atoms with van der Waals surface area (Å²) in [7, 11) is 0. The van der Waals surface area contributed by atoms with Crippen molar-refractivity contribution in [2.24, 2.45) is 0 Å². The van der Waals surface area contributed by atoms with Gasteiger partial charge in [-0.05, 0) is 50.3 Å². The number of hydrogen-bond donors (Lipinski definition) is 3. The van der Waals surface area contributed by atoms with E-state index in [9.17, 15) is 14.4 Å². The largest absolute Gasteiger partial charge is 0.481 e. The van der Waals surface area contributed by atoms with E-state index in [1.807, 2.05) is 23.6 Å². The van der Waals surface area contributed by atoms with Crippen LogP contribution in [0.15, 0.2) is 21.7 Å². The SMILES string of the molecule is Cc1cc2nc3c(=O)[nH]c(=O)nc-3n(CCCCCCC(=O)O)c2cc1NC1CCCC1. The zero-order valence-corrected chi connectivity index (χ0v) is 18.3. The Balaban J connectivity index is 1.71. The van der Waals surface area contributed by atoms with Crippen LogP contribution in [0.4, 0.5) is 5.69 Å². The van der Waals surface area contributed by atoms with Gasteiger partial charge in [0.25, 0.3) is 5.56 Å². The van der Waals surface area contributed by atoms with E-state index in [1.165, 1.54) is 12.8 Å².